The zero-order valence-electron chi connectivity index (χ0n) is 16.2. The van der Waals surface area contributed by atoms with Gasteiger partial charge in [-0.15, -0.1) is 0 Å². The summed E-state index contributed by atoms with van der Waals surface area (Å²) in [7, 11) is 0. The fourth-order valence-corrected chi connectivity index (χ4v) is 3.82. The Labute approximate surface area is 176 Å². The first-order chi connectivity index (χ1) is 13.4. The van der Waals surface area contributed by atoms with Gasteiger partial charge in [-0.3, -0.25) is 14.5 Å². The number of carboxylic acid groups (broad SMARTS) is 1. The lowest BCUT2D eigenvalue weighted by atomic mass is 9.92. The van der Waals surface area contributed by atoms with Gasteiger partial charge in [-0.25, -0.2) is 9.18 Å². The van der Waals surface area contributed by atoms with Crippen LogP contribution in [0.3, 0.4) is 0 Å². The molecule has 158 valence electrons. The lowest BCUT2D eigenvalue weighted by Crippen LogP contribution is -2.62. The number of rotatable bonds is 6. The van der Waals surface area contributed by atoms with Crippen LogP contribution in [0.25, 0.3) is 0 Å². The number of aliphatic hydroxyl groups excluding tert-OH is 1. The maximum atomic E-state index is 14.1. The molecule has 7 nitrogen and oxygen atoms in total. The number of hydrogen-bond donors (Lipinski definition) is 2. The fraction of sp³-hybridized carbons (Fsp3) is 0.421. The first-order valence-corrected chi connectivity index (χ1v) is 9.89. The Hall–Kier alpha value is -2.10. The van der Waals surface area contributed by atoms with Crippen LogP contribution in [-0.4, -0.2) is 43.7 Å². The highest BCUT2D eigenvalue weighted by molar-refractivity contribution is 8.16. The van der Waals surface area contributed by atoms with Crippen molar-refractivity contribution in [2.75, 3.05) is 0 Å². The molecular weight excluding hydrogens is 425 g/mol. The summed E-state index contributed by atoms with van der Waals surface area (Å²) in [4.78, 5) is 37.7. The fourth-order valence-electron chi connectivity index (χ4n) is 2.42. The van der Waals surface area contributed by atoms with E-state index in [1.54, 1.807) is 20.8 Å². The number of benzene rings is 1. The van der Waals surface area contributed by atoms with Crippen LogP contribution < -0.4 is 4.74 Å². The molecule has 29 heavy (non-hydrogen) atoms. The minimum Gasteiger partial charge on any atom is -0.476 e. The number of amides is 1. The summed E-state index contributed by atoms with van der Waals surface area (Å²) >= 11 is 6.58. The third-order valence-corrected chi connectivity index (χ3v) is 5.79. The van der Waals surface area contributed by atoms with Crippen LogP contribution >= 0.6 is 23.4 Å². The summed E-state index contributed by atoms with van der Waals surface area (Å²) < 4.78 is 19.5. The van der Waals surface area contributed by atoms with Crippen molar-refractivity contribution in [1.29, 1.82) is 0 Å². The molecule has 1 heterocycles. The summed E-state index contributed by atoms with van der Waals surface area (Å²) in [5, 5.41) is 18.5. The molecule has 1 amide bonds. The van der Waals surface area contributed by atoms with Crippen LogP contribution in [0.2, 0.25) is 0 Å². The van der Waals surface area contributed by atoms with Crippen molar-refractivity contribution in [1.82, 2.24) is 4.90 Å². The summed E-state index contributed by atoms with van der Waals surface area (Å²) in [5.41, 5.74) is -2.74. The SMILES string of the molecule is C[C@@H](O)[C@H]1C(=O)N(C(C(=O)O)=C(Oc2ccccc2F)SC(=O)C(C)(C)C)[C@H]1Cl. The van der Waals surface area contributed by atoms with E-state index in [1.165, 1.54) is 25.1 Å². The van der Waals surface area contributed by atoms with Gasteiger partial charge >= 0.3 is 5.97 Å². The van der Waals surface area contributed by atoms with E-state index < -0.39 is 56.5 Å². The topological polar surface area (TPSA) is 104 Å². The van der Waals surface area contributed by atoms with Crippen molar-refractivity contribution in [3.8, 4) is 5.75 Å². The Morgan fingerprint density at radius 3 is 2.34 bits per heavy atom. The summed E-state index contributed by atoms with van der Waals surface area (Å²) in [5.74, 6) is -4.44. The highest BCUT2D eigenvalue weighted by Gasteiger charge is 2.53. The van der Waals surface area contributed by atoms with E-state index in [2.05, 4.69) is 0 Å². The zero-order valence-corrected chi connectivity index (χ0v) is 17.8. The van der Waals surface area contributed by atoms with Gasteiger partial charge in [0, 0.05) is 5.41 Å². The molecule has 2 rings (SSSR count). The van der Waals surface area contributed by atoms with E-state index in [4.69, 9.17) is 16.3 Å². The summed E-state index contributed by atoms with van der Waals surface area (Å²) in [6.45, 7) is 6.21. The van der Waals surface area contributed by atoms with Gasteiger partial charge in [0.05, 0.1) is 12.0 Å². The second-order valence-corrected chi connectivity index (χ2v) is 8.85. The quantitative estimate of drug-likeness (QED) is 0.228. The monoisotopic (exact) mass is 445 g/mol. The number of alkyl halides is 1. The maximum absolute atomic E-state index is 14.1. The number of aliphatic hydroxyl groups is 1. The highest BCUT2D eigenvalue weighted by Crippen LogP contribution is 2.40. The number of thioether (sulfide) groups is 1. The van der Waals surface area contributed by atoms with Gasteiger partial charge in [0.1, 0.15) is 5.50 Å². The van der Waals surface area contributed by atoms with Crippen LogP contribution in [0.4, 0.5) is 4.39 Å². The molecule has 0 aromatic heterocycles. The predicted molar refractivity (Wildman–Crippen MR) is 105 cm³/mol. The number of ether oxygens (including phenoxy) is 1. The van der Waals surface area contributed by atoms with E-state index >= 15 is 0 Å². The third-order valence-electron chi connectivity index (χ3n) is 4.06. The zero-order chi connectivity index (χ0) is 22.1. The Morgan fingerprint density at radius 2 is 1.90 bits per heavy atom. The Bertz CT molecular complexity index is 867. The molecule has 0 bridgehead atoms. The molecule has 2 N–H and O–H groups in total. The van der Waals surface area contributed by atoms with Gasteiger partial charge < -0.3 is 14.9 Å². The van der Waals surface area contributed by atoms with Gasteiger partial charge in [-0.1, -0.05) is 44.5 Å². The van der Waals surface area contributed by atoms with Crippen molar-refractivity contribution in [3.63, 3.8) is 0 Å². The largest absolute Gasteiger partial charge is 0.476 e. The number of para-hydroxylation sites is 1. The normalized spacial score (nSPS) is 21.2. The van der Waals surface area contributed by atoms with Crippen molar-refractivity contribution < 1.29 is 33.7 Å². The smallest absolute Gasteiger partial charge is 0.357 e. The van der Waals surface area contributed by atoms with E-state index in [9.17, 15) is 29.0 Å². The lowest BCUT2D eigenvalue weighted by molar-refractivity contribution is -0.158. The second kappa shape index (κ2) is 8.73. The predicted octanol–water partition coefficient (Wildman–Crippen LogP) is 3.17. The number of carboxylic acids is 1. The Kier molecular flexibility index (Phi) is 6.97. The van der Waals surface area contributed by atoms with Crippen LogP contribution in [0.1, 0.15) is 27.7 Å². The molecule has 1 fully saturated rings. The molecule has 3 atom stereocenters. The molecular formula is C19H21ClFNO6S. The maximum Gasteiger partial charge on any atom is 0.357 e. The number of likely N-dealkylation sites (tertiary alicyclic amines) is 1. The van der Waals surface area contributed by atoms with Gasteiger partial charge in [0.15, 0.2) is 22.4 Å². The molecule has 0 saturated carbocycles. The molecule has 1 aliphatic heterocycles. The van der Waals surface area contributed by atoms with Crippen molar-refractivity contribution in [2.45, 2.75) is 39.3 Å². The van der Waals surface area contributed by atoms with Gasteiger partial charge in [0.25, 0.3) is 0 Å². The number of nitrogens with zero attached hydrogens (tertiary/aromatic N) is 1. The molecule has 0 unspecified atom stereocenters. The van der Waals surface area contributed by atoms with Crippen molar-refractivity contribution in [3.05, 3.63) is 40.9 Å². The molecule has 0 spiro atoms. The van der Waals surface area contributed by atoms with Crippen LogP contribution in [-0.2, 0) is 14.4 Å². The first-order valence-electron chi connectivity index (χ1n) is 8.63. The average Bonchev–Trinajstić information content (AvgIpc) is 2.59. The van der Waals surface area contributed by atoms with E-state index in [1.807, 2.05) is 0 Å². The van der Waals surface area contributed by atoms with Crippen LogP contribution in [0, 0.1) is 17.2 Å². The Balaban J connectivity index is 2.56. The molecule has 1 aliphatic rings. The minimum absolute atomic E-state index is 0.318. The van der Waals surface area contributed by atoms with Crippen molar-refractivity contribution >= 4 is 40.4 Å². The number of β-lactam (4-membered cyclic amide) rings is 1. The molecule has 1 aromatic carbocycles. The van der Waals surface area contributed by atoms with E-state index in [-0.39, 0.29) is 5.75 Å². The molecule has 1 saturated heterocycles. The Morgan fingerprint density at radius 1 is 1.31 bits per heavy atom. The lowest BCUT2D eigenvalue weighted by Gasteiger charge is -2.44. The number of carbonyl (C=O) groups is 3. The number of aliphatic carboxylic acids is 1. The third kappa shape index (κ3) is 4.91. The number of halogens is 2. The molecule has 0 radical (unpaired) electrons. The summed E-state index contributed by atoms with van der Waals surface area (Å²) in [6, 6.07) is 5.24. The van der Waals surface area contributed by atoms with Crippen LogP contribution in [0.15, 0.2) is 35.1 Å². The van der Waals surface area contributed by atoms with Crippen molar-refractivity contribution in [2.24, 2.45) is 11.3 Å². The number of hydrogen-bond acceptors (Lipinski definition) is 6. The van der Waals surface area contributed by atoms with E-state index in [0.717, 1.165) is 11.0 Å². The summed E-state index contributed by atoms with van der Waals surface area (Å²) in [6.07, 6.45) is -1.10. The van der Waals surface area contributed by atoms with Gasteiger partial charge in [-0.05, 0) is 30.8 Å². The average molecular weight is 446 g/mol. The molecule has 1 aromatic rings. The van der Waals surface area contributed by atoms with Gasteiger partial charge in [-0.2, -0.15) is 0 Å². The molecule has 0 aliphatic carbocycles. The highest BCUT2D eigenvalue weighted by atomic mass is 35.5. The van der Waals surface area contributed by atoms with Gasteiger partial charge in [0.2, 0.25) is 11.0 Å². The minimum atomic E-state index is -1.59. The second-order valence-electron chi connectivity index (χ2n) is 7.46. The standard InChI is InChI=1S/C19H21ClFNO6S/c1-9(23)12-14(20)22(15(12)24)13(16(25)26)17(29-18(27)19(2,3)4)28-11-8-6-5-7-10(11)21/h5-9,12,14,23H,1-4H3,(H,25,26)/t9-,12-,14-/m1/s1. The van der Waals surface area contributed by atoms with E-state index in [0.29, 0.717) is 11.8 Å². The number of carbonyl (C=O) groups excluding carboxylic acids is 2. The molecule has 10 heteroatoms. The first kappa shape index (κ1) is 23.2. The van der Waals surface area contributed by atoms with Crippen LogP contribution in [0.5, 0.6) is 5.75 Å².